The quantitative estimate of drug-likeness (QED) is 0.262. The van der Waals surface area contributed by atoms with E-state index in [4.69, 9.17) is 9.84 Å². The van der Waals surface area contributed by atoms with E-state index in [-0.39, 0.29) is 6.03 Å². The molecule has 5 aromatic rings. The summed E-state index contributed by atoms with van der Waals surface area (Å²) >= 11 is 0. The molecule has 0 saturated carbocycles. The summed E-state index contributed by atoms with van der Waals surface area (Å²) in [5.41, 5.74) is 3.27. The summed E-state index contributed by atoms with van der Waals surface area (Å²) in [6, 6.07) is 22.2. The number of anilines is 2. The number of pyridine rings is 2. The van der Waals surface area contributed by atoms with Gasteiger partial charge in [0.05, 0.1) is 23.1 Å². The maximum Gasteiger partial charge on any atom is 0.324 e. The van der Waals surface area contributed by atoms with Crippen LogP contribution >= 0.6 is 0 Å². The Morgan fingerprint density at radius 2 is 1.83 bits per heavy atom. The van der Waals surface area contributed by atoms with Gasteiger partial charge in [0.25, 0.3) is 0 Å². The van der Waals surface area contributed by atoms with Crippen molar-refractivity contribution in [3.8, 4) is 17.2 Å². The van der Waals surface area contributed by atoms with Crippen LogP contribution in [0, 0.1) is 0 Å². The van der Waals surface area contributed by atoms with Crippen molar-refractivity contribution >= 4 is 28.4 Å². The number of ether oxygens (including phenoxy) is 1. The molecule has 36 heavy (non-hydrogen) atoms. The molecule has 2 aromatic carbocycles. The van der Waals surface area contributed by atoms with Crippen molar-refractivity contribution in [2.45, 2.75) is 26.2 Å². The van der Waals surface area contributed by atoms with Crippen LogP contribution in [0.15, 0.2) is 91.4 Å². The number of carbonyl (C=O) groups excluding carboxylic acids is 1. The SMILES string of the molecule is CCCCc1cc(NC(=O)Nc2cccc(Oc3cccnc3)c2)n(-c2ccc3ncccc3c2)n1. The van der Waals surface area contributed by atoms with Crippen LogP contribution < -0.4 is 15.4 Å². The number of unbranched alkanes of at least 4 members (excludes halogenated alkanes) is 1. The van der Waals surface area contributed by atoms with Crippen LogP contribution in [0.5, 0.6) is 11.5 Å². The number of nitrogens with zero attached hydrogens (tertiary/aromatic N) is 4. The van der Waals surface area contributed by atoms with E-state index in [1.807, 2.05) is 54.6 Å². The van der Waals surface area contributed by atoms with E-state index >= 15 is 0 Å². The van der Waals surface area contributed by atoms with E-state index in [1.54, 1.807) is 41.5 Å². The Morgan fingerprint density at radius 3 is 2.69 bits per heavy atom. The second-order valence-electron chi connectivity index (χ2n) is 8.31. The van der Waals surface area contributed by atoms with Crippen molar-refractivity contribution in [1.82, 2.24) is 19.7 Å². The molecule has 0 bridgehead atoms. The highest BCUT2D eigenvalue weighted by molar-refractivity contribution is 5.99. The molecule has 0 saturated heterocycles. The smallest absolute Gasteiger partial charge is 0.324 e. The number of nitrogens with one attached hydrogen (secondary N) is 2. The number of urea groups is 1. The molecule has 0 radical (unpaired) electrons. The molecule has 2 amide bonds. The third kappa shape index (κ3) is 5.50. The lowest BCUT2D eigenvalue weighted by atomic mass is 10.2. The molecule has 3 aromatic heterocycles. The van der Waals surface area contributed by atoms with Crippen LogP contribution in [-0.4, -0.2) is 25.8 Å². The lowest BCUT2D eigenvalue weighted by molar-refractivity contribution is 0.262. The fraction of sp³-hybridized carbons (Fsp3) is 0.143. The topological polar surface area (TPSA) is 94.0 Å². The summed E-state index contributed by atoms with van der Waals surface area (Å²) in [4.78, 5) is 21.4. The third-order valence-electron chi connectivity index (χ3n) is 5.58. The Labute approximate surface area is 209 Å². The van der Waals surface area contributed by atoms with Gasteiger partial charge in [-0.05, 0) is 61.4 Å². The monoisotopic (exact) mass is 478 g/mol. The molecular formula is C28H26N6O2. The number of rotatable bonds is 8. The molecule has 8 nitrogen and oxygen atoms in total. The highest BCUT2D eigenvalue weighted by Gasteiger charge is 2.14. The summed E-state index contributed by atoms with van der Waals surface area (Å²) in [6.07, 6.45) is 8.01. The zero-order chi connectivity index (χ0) is 24.7. The van der Waals surface area contributed by atoms with Gasteiger partial charge in [-0.1, -0.05) is 25.5 Å². The van der Waals surface area contributed by atoms with E-state index in [9.17, 15) is 4.79 Å². The van der Waals surface area contributed by atoms with Gasteiger partial charge in [-0.15, -0.1) is 0 Å². The van der Waals surface area contributed by atoms with Crippen molar-refractivity contribution in [1.29, 1.82) is 0 Å². The minimum atomic E-state index is -0.376. The first-order valence-corrected chi connectivity index (χ1v) is 11.9. The second-order valence-corrected chi connectivity index (χ2v) is 8.31. The number of amides is 2. The summed E-state index contributed by atoms with van der Waals surface area (Å²) in [7, 11) is 0. The fourth-order valence-electron chi connectivity index (χ4n) is 3.85. The lowest BCUT2D eigenvalue weighted by Gasteiger charge is -2.12. The van der Waals surface area contributed by atoms with E-state index in [2.05, 4.69) is 27.5 Å². The average Bonchev–Trinajstić information content (AvgIpc) is 3.30. The largest absolute Gasteiger partial charge is 0.456 e. The standard InChI is InChI=1S/C28H26N6O2/c1-2-3-8-22-18-27(34(33-22)23-12-13-26-20(16-23)7-5-15-30-26)32-28(35)31-21-9-4-10-24(17-21)36-25-11-6-14-29-19-25/h4-7,9-19H,2-3,8H2,1H3,(H2,31,32,35). The van der Waals surface area contributed by atoms with Crippen LogP contribution in [0.1, 0.15) is 25.5 Å². The van der Waals surface area contributed by atoms with Gasteiger partial charge in [0.1, 0.15) is 17.3 Å². The van der Waals surface area contributed by atoms with Gasteiger partial charge in [0.2, 0.25) is 0 Å². The highest BCUT2D eigenvalue weighted by atomic mass is 16.5. The van der Waals surface area contributed by atoms with E-state index in [1.165, 1.54) is 0 Å². The molecule has 0 aliphatic rings. The Morgan fingerprint density at radius 1 is 0.944 bits per heavy atom. The normalized spacial score (nSPS) is 10.8. The average molecular weight is 479 g/mol. The zero-order valence-electron chi connectivity index (χ0n) is 19.9. The summed E-state index contributed by atoms with van der Waals surface area (Å²) in [5, 5.41) is 11.6. The summed E-state index contributed by atoms with van der Waals surface area (Å²) < 4.78 is 7.58. The van der Waals surface area contributed by atoms with Gasteiger partial charge in [-0.25, -0.2) is 9.48 Å². The predicted molar refractivity (Wildman–Crippen MR) is 141 cm³/mol. The molecule has 3 heterocycles. The second kappa shape index (κ2) is 10.7. The molecule has 180 valence electrons. The van der Waals surface area contributed by atoms with Crippen molar-refractivity contribution in [2.24, 2.45) is 0 Å². The summed E-state index contributed by atoms with van der Waals surface area (Å²) in [6.45, 7) is 2.14. The Balaban J connectivity index is 1.36. The van der Waals surface area contributed by atoms with Crippen LogP contribution in [0.3, 0.4) is 0 Å². The van der Waals surface area contributed by atoms with Crippen LogP contribution in [0.2, 0.25) is 0 Å². The van der Waals surface area contributed by atoms with E-state index < -0.39 is 0 Å². The fourth-order valence-corrected chi connectivity index (χ4v) is 3.85. The zero-order valence-corrected chi connectivity index (χ0v) is 19.9. The molecular weight excluding hydrogens is 452 g/mol. The predicted octanol–water partition coefficient (Wildman–Crippen LogP) is 6.59. The number of fused-ring (bicyclic) bond motifs is 1. The van der Waals surface area contributed by atoms with Crippen LogP contribution in [0.25, 0.3) is 16.6 Å². The van der Waals surface area contributed by atoms with Crippen LogP contribution in [0.4, 0.5) is 16.3 Å². The number of hydrogen-bond donors (Lipinski definition) is 2. The number of carbonyl (C=O) groups is 1. The molecule has 0 atom stereocenters. The minimum Gasteiger partial charge on any atom is -0.456 e. The molecule has 2 N–H and O–H groups in total. The Kier molecular flexibility index (Phi) is 6.84. The van der Waals surface area contributed by atoms with E-state index in [0.717, 1.165) is 41.5 Å². The van der Waals surface area contributed by atoms with Crippen molar-refractivity contribution < 1.29 is 9.53 Å². The first kappa shape index (κ1) is 23.0. The number of aromatic nitrogens is 4. The van der Waals surface area contributed by atoms with Crippen LogP contribution in [-0.2, 0) is 6.42 Å². The van der Waals surface area contributed by atoms with E-state index in [0.29, 0.717) is 23.0 Å². The van der Waals surface area contributed by atoms with Gasteiger partial charge in [0.15, 0.2) is 0 Å². The first-order valence-electron chi connectivity index (χ1n) is 11.9. The Bertz CT molecular complexity index is 1480. The van der Waals surface area contributed by atoms with Crippen molar-refractivity contribution in [3.63, 3.8) is 0 Å². The maximum atomic E-state index is 12.9. The van der Waals surface area contributed by atoms with Gasteiger partial charge in [0, 0.05) is 35.6 Å². The Hall–Kier alpha value is -4.72. The highest BCUT2D eigenvalue weighted by Crippen LogP contribution is 2.25. The van der Waals surface area contributed by atoms with Crippen molar-refractivity contribution in [2.75, 3.05) is 10.6 Å². The third-order valence-corrected chi connectivity index (χ3v) is 5.58. The maximum absolute atomic E-state index is 12.9. The molecule has 0 aliphatic heterocycles. The van der Waals surface area contributed by atoms with Gasteiger partial charge >= 0.3 is 6.03 Å². The molecule has 8 heteroatoms. The lowest BCUT2D eigenvalue weighted by Crippen LogP contribution is -2.21. The number of hydrogen-bond acceptors (Lipinski definition) is 5. The molecule has 5 rings (SSSR count). The van der Waals surface area contributed by atoms with Gasteiger partial charge in [-0.3, -0.25) is 15.3 Å². The summed E-state index contributed by atoms with van der Waals surface area (Å²) in [5.74, 6) is 1.80. The van der Waals surface area contributed by atoms with Gasteiger partial charge in [-0.2, -0.15) is 5.10 Å². The molecule has 0 fully saturated rings. The van der Waals surface area contributed by atoms with Gasteiger partial charge < -0.3 is 10.1 Å². The molecule has 0 unspecified atom stereocenters. The number of benzene rings is 2. The number of aryl methyl sites for hydroxylation is 1. The first-order chi connectivity index (χ1) is 17.7. The molecule has 0 spiro atoms. The van der Waals surface area contributed by atoms with Crippen molar-refractivity contribution in [3.05, 3.63) is 97.1 Å². The molecule has 0 aliphatic carbocycles. The minimum absolute atomic E-state index is 0.376.